The van der Waals surface area contributed by atoms with E-state index >= 15 is 0 Å². The summed E-state index contributed by atoms with van der Waals surface area (Å²) in [6.45, 7) is 35.0. The Hall–Kier alpha value is -6.40. The van der Waals surface area contributed by atoms with Crippen LogP contribution in [0.25, 0.3) is 32.4 Å². The van der Waals surface area contributed by atoms with E-state index in [4.69, 9.17) is 95.9 Å². The smallest absolute Gasteiger partial charge is 0.478 e. The van der Waals surface area contributed by atoms with Gasteiger partial charge in [0.1, 0.15) is 19.2 Å². The summed E-state index contributed by atoms with van der Waals surface area (Å²) in [4.78, 5) is 79.6. The highest BCUT2D eigenvalue weighted by atomic mass is 79.9. The maximum absolute atomic E-state index is 12.7. The number of hydrogen-bond acceptors (Lipinski definition) is 22. The van der Waals surface area contributed by atoms with E-state index < -0.39 is 27.3 Å². The van der Waals surface area contributed by atoms with Crippen LogP contribution in [0.15, 0.2) is 157 Å². The number of carbonyl (C=O) groups excluding carboxylic acids is 3. The Labute approximate surface area is 804 Å². The van der Waals surface area contributed by atoms with E-state index in [9.17, 15) is 19.2 Å². The minimum Gasteiger partial charge on any atom is -0.478 e. The summed E-state index contributed by atoms with van der Waals surface area (Å²) in [5, 5.41) is 74.5. The average Bonchev–Trinajstić information content (AvgIpc) is 1.62. The molecule has 678 valence electrons. The molecule has 0 radical (unpaired) electrons. The maximum atomic E-state index is 12.7. The molecule has 0 atom stereocenters. The lowest BCUT2D eigenvalue weighted by atomic mass is 9.77. The number of rotatable bonds is 11. The number of pyridine rings is 3. The quantitative estimate of drug-likeness (QED) is 0.0558. The first-order valence-corrected chi connectivity index (χ1v) is 48.5. The number of thiazole rings is 3. The Morgan fingerprint density at radius 2 is 0.780 bits per heavy atom. The van der Waals surface area contributed by atoms with E-state index in [0.29, 0.717) is 21.7 Å². The van der Waals surface area contributed by atoms with E-state index in [2.05, 4.69) is 186 Å². The van der Waals surface area contributed by atoms with Gasteiger partial charge in [-0.2, -0.15) is 0 Å². The van der Waals surface area contributed by atoms with Gasteiger partial charge in [-0.1, -0.05) is 139 Å². The second-order valence-corrected chi connectivity index (χ2v) is 41.9. The molecule has 0 spiro atoms. The van der Waals surface area contributed by atoms with Crippen LogP contribution >= 0.6 is 128 Å². The number of likely N-dealkylation sites (tertiary alicyclic amines) is 3. The third-order valence-corrected chi connectivity index (χ3v) is 27.1. The van der Waals surface area contributed by atoms with Gasteiger partial charge in [0.2, 0.25) is 0 Å². The molecule has 4 aromatic carbocycles. The van der Waals surface area contributed by atoms with Crippen LogP contribution in [0, 0.1) is 0 Å². The molecule has 0 aliphatic carbocycles. The van der Waals surface area contributed by atoms with Crippen LogP contribution in [0.3, 0.4) is 0 Å². The van der Waals surface area contributed by atoms with Crippen LogP contribution in [-0.2, 0) is 25.6 Å². The number of nitrogens with zero attached hydrogens (tertiary/aromatic N) is 9. The largest absolute Gasteiger partial charge is 0.494 e. The molecule has 0 saturated carbocycles. The number of nitrogens with one attached hydrogen (secondary N) is 1. The van der Waals surface area contributed by atoms with Crippen molar-refractivity contribution < 1.29 is 63.7 Å². The lowest BCUT2D eigenvalue weighted by Crippen LogP contribution is -2.41. The molecule has 15 rings (SSSR count). The zero-order valence-electron chi connectivity index (χ0n) is 73.8. The van der Waals surface area contributed by atoms with Gasteiger partial charge in [-0.3, -0.25) is 29.3 Å². The van der Waals surface area contributed by atoms with Crippen LogP contribution in [0.5, 0.6) is 0 Å². The lowest BCUT2D eigenvalue weighted by Gasteiger charge is -2.32. The van der Waals surface area contributed by atoms with Crippen molar-refractivity contribution in [1.82, 2.24) is 49.9 Å². The van der Waals surface area contributed by atoms with E-state index in [1.54, 1.807) is 52.2 Å². The van der Waals surface area contributed by atoms with Gasteiger partial charge in [0.25, 0.3) is 17.7 Å². The normalized spacial score (nSPS) is 15.3. The Morgan fingerprint density at radius 1 is 0.433 bits per heavy atom. The monoisotopic (exact) mass is 2060 g/mol. The Bertz CT molecular complexity index is 5150. The van der Waals surface area contributed by atoms with Crippen molar-refractivity contribution in [2.75, 3.05) is 52.4 Å². The fourth-order valence-corrected chi connectivity index (χ4v) is 18.0. The lowest BCUT2D eigenvalue weighted by molar-refractivity contribution is 0.00578. The van der Waals surface area contributed by atoms with Crippen molar-refractivity contribution in [2.45, 2.75) is 195 Å². The molecule has 0 unspecified atom stereocenters. The van der Waals surface area contributed by atoms with E-state index in [0.717, 1.165) is 146 Å². The number of amides is 3. The summed E-state index contributed by atoms with van der Waals surface area (Å²) >= 11 is 38.6. The molecule has 6 aromatic heterocycles. The molecule has 5 fully saturated rings. The number of aromatic carboxylic acids is 1. The van der Waals surface area contributed by atoms with Crippen molar-refractivity contribution >= 4 is 202 Å². The molecule has 5 saturated heterocycles. The zero-order chi connectivity index (χ0) is 93.3. The molecule has 11 heterocycles. The standard InChI is InChI=1S/C24H26ClN3OS.C15H24BNO2.2C12H15BClNO3.C12H13BrN2S.C7H6BClO4.C5H11N.C3HBr2NS/c1-24(2,3)21-14-16(9-10-26-21)22-27-20(15-30-22)18-8-7-17(13-19(18)25)23(29)28-11-5-4-6-12-28;1-13(2,3)12-10-11(8-9-17-12)16-18-14(4,5)15(6,7)19-16;2*14-11-8-9(4-5-10(11)13(17)18)12(16)15-6-2-1-3-7-15;1-12(2,3)9-6-8(4-5-14-9)11-15-10(13)7-16-11;9-6-3-4(7(10)11)1-2-5(6)8(12)13;1-2-4-6-5-3-1;4-2-1-7-3(5)6-2/h7-10,13-15H,4-6,11-12H2,1-3H3;8-10H,1-7H3;2*4-5,8,17-18H,1-3,6-7H2;4-7H,1-3H3;1-3,12-13H,(H,10,11);6H,1-5H2;1H. The predicted octanol–water partition coefficient (Wildman–Crippen LogP) is 17.8. The number of benzene rings is 4. The Kier molecular flexibility index (Phi) is 41.2. The number of carbonyl (C=O) groups is 4. The van der Waals surface area contributed by atoms with Gasteiger partial charge in [-0.15, -0.1) is 34.0 Å². The number of piperidine rings is 4. The minimum absolute atomic E-state index is 0.00870. The third kappa shape index (κ3) is 32.5. The summed E-state index contributed by atoms with van der Waals surface area (Å²) in [5.74, 6) is -1.14. The number of carboxylic acids is 1. The topological polar surface area (TPSA) is 327 Å². The average molecular weight is 2060 g/mol. The van der Waals surface area contributed by atoms with Crippen molar-refractivity contribution in [3.05, 3.63) is 216 Å². The predicted molar refractivity (Wildman–Crippen MR) is 529 cm³/mol. The van der Waals surface area contributed by atoms with Gasteiger partial charge >= 0.3 is 34.4 Å². The van der Waals surface area contributed by atoms with Gasteiger partial charge < -0.3 is 64.6 Å². The van der Waals surface area contributed by atoms with Crippen molar-refractivity contribution in [2.24, 2.45) is 0 Å². The van der Waals surface area contributed by atoms with E-state index in [1.165, 1.54) is 94.1 Å². The third-order valence-electron chi connectivity index (χ3n) is 21.3. The summed E-state index contributed by atoms with van der Waals surface area (Å²) in [7, 11) is -5.22. The Morgan fingerprint density at radius 3 is 1.10 bits per heavy atom. The number of carboxylic acid groups (broad SMARTS) is 1. The van der Waals surface area contributed by atoms with Crippen LogP contribution in [0.1, 0.15) is 226 Å². The van der Waals surface area contributed by atoms with Gasteiger partial charge in [0.15, 0.2) is 3.92 Å². The van der Waals surface area contributed by atoms with Crippen LogP contribution in [0.4, 0.5) is 0 Å². The first-order chi connectivity index (χ1) is 59.8. The molecule has 3 amide bonds. The van der Waals surface area contributed by atoms with Crippen LogP contribution in [0.2, 0.25) is 20.1 Å². The molecule has 10 aromatic rings. The molecule has 0 bridgehead atoms. The number of aromatic nitrogens is 6. The second kappa shape index (κ2) is 49.4. The highest BCUT2D eigenvalue weighted by molar-refractivity contribution is 9.11. The van der Waals surface area contributed by atoms with Crippen molar-refractivity contribution in [1.29, 1.82) is 0 Å². The van der Waals surface area contributed by atoms with E-state index in [-0.39, 0.29) is 89.3 Å². The summed E-state index contributed by atoms with van der Waals surface area (Å²) in [5.41, 5.74) is 9.72. The van der Waals surface area contributed by atoms with Gasteiger partial charge in [0.05, 0.1) is 27.5 Å². The van der Waals surface area contributed by atoms with E-state index in [1.807, 2.05) is 79.8 Å². The molecular weight excluding hydrogens is 1950 g/mol. The van der Waals surface area contributed by atoms with Gasteiger partial charge in [0, 0.05) is 172 Å². The fourth-order valence-electron chi connectivity index (χ4n) is 13.2. The van der Waals surface area contributed by atoms with Crippen molar-refractivity contribution in [3.63, 3.8) is 0 Å². The summed E-state index contributed by atoms with van der Waals surface area (Å²) < 4.78 is 14.8. The highest BCUT2D eigenvalue weighted by Gasteiger charge is 2.52. The Balaban J connectivity index is 0.000000186. The molecule has 127 heavy (non-hydrogen) atoms. The number of halogens is 7. The van der Waals surface area contributed by atoms with Gasteiger partial charge in [-0.05, 0) is 250 Å². The van der Waals surface area contributed by atoms with Gasteiger partial charge in [-0.25, -0.2) is 19.7 Å². The zero-order valence-corrected chi connectivity index (χ0v) is 84.0. The number of hydrogen-bond donors (Lipinski definition) is 8. The van der Waals surface area contributed by atoms with Crippen LogP contribution in [-0.4, -0.2) is 196 Å². The fraction of sp³-hybridized carbons (Fsp3) is 0.422. The summed E-state index contributed by atoms with van der Waals surface area (Å²) in [6.07, 6.45) is 19.6. The molecule has 37 heteroatoms. The molecule has 8 N–H and O–H groups in total. The molecule has 23 nitrogen and oxygen atoms in total. The summed E-state index contributed by atoms with van der Waals surface area (Å²) in [6, 6.07) is 30.6. The minimum atomic E-state index is -1.68. The molecular formula is C90H111B4Br3Cl4N10O13S3. The van der Waals surface area contributed by atoms with Crippen molar-refractivity contribution in [3.8, 4) is 32.4 Å². The maximum Gasteiger partial charge on any atom is 0.494 e. The highest BCUT2D eigenvalue weighted by Crippen LogP contribution is 2.39. The second-order valence-electron chi connectivity index (χ2n) is 34.8. The molecule has 5 aliphatic rings. The van der Waals surface area contributed by atoms with Crippen LogP contribution < -0.4 is 27.2 Å². The molecule has 5 aliphatic heterocycles. The first kappa shape index (κ1) is 106. The SMILES string of the molecule is Brc1csc(Br)n1.C1CCNCC1.CC(C)(C)c1cc(-c2nc(-c3ccc(C(=O)N4CCCCC4)cc3Cl)cs2)ccn1.CC(C)(C)c1cc(-c2nc(Br)cs2)ccn1.CC(C)(C)c1cc(B2OC(C)(C)C(C)(C)O2)ccn1.O=C(O)c1ccc(B(O)O)c(Cl)c1.O=C(c1ccc(B(O)O)c(Cl)c1)N1CCCCC1.O=C(c1ccc(B(O)O)c(Cl)c1)N1CCCCC1. The first-order valence-electron chi connectivity index (χ1n) is 42.0.